The Bertz CT molecular complexity index is 915. The molecule has 128 valence electrons. The first-order chi connectivity index (χ1) is 12.0. The van der Waals surface area contributed by atoms with E-state index in [0.717, 1.165) is 16.6 Å². The molecule has 1 fully saturated rings. The van der Waals surface area contributed by atoms with Crippen LogP contribution in [0.2, 0.25) is 5.02 Å². The van der Waals surface area contributed by atoms with Gasteiger partial charge in [0.05, 0.1) is 23.1 Å². The molecule has 6 heteroatoms. The molecular formula is C19H15ClF2N2O. The summed E-state index contributed by atoms with van der Waals surface area (Å²) < 4.78 is 31.1. The zero-order chi connectivity index (χ0) is 17.4. The van der Waals surface area contributed by atoms with Gasteiger partial charge in [-0.1, -0.05) is 23.7 Å². The third-order valence-electron chi connectivity index (χ3n) is 4.20. The molecule has 0 amide bonds. The summed E-state index contributed by atoms with van der Waals surface area (Å²) in [4.78, 5) is 4.52. The Morgan fingerprint density at radius 2 is 1.88 bits per heavy atom. The first-order valence-electron chi connectivity index (χ1n) is 7.94. The van der Waals surface area contributed by atoms with E-state index in [2.05, 4.69) is 10.3 Å². The number of hydrogen-bond donors (Lipinski definition) is 1. The minimum absolute atomic E-state index is 0.0461. The molecule has 1 aliphatic rings. The lowest BCUT2D eigenvalue weighted by atomic mass is 10.2. The molecule has 4 rings (SSSR count). The fourth-order valence-corrected chi connectivity index (χ4v) is 2.83. The Hall–Kier alpha value is -2.40. The fourth-order valence-electron chi connectivity index (χ4n) is 2.61. The number of hydrogen-bond acceptors (Lipinski definition) is 3. The summed E-state index contributed by atoms with van der Waals surface area (Å²) in [5.74, 6) is -1.96. The molecule has 0 spiro atoms. The van der Waals surface area contributed by atoms with Gasteiger partial charge in [0.25, 0.3) is 5.92 Å². The van der Waals surface area contributed by atoms with E-state index in [1.807, 2.05) is 36.4 Å². The van der Waals surface area contributed by atoms with Gasteiger partial charge in [-0.3, -0.25) is 0 Å². The van der Waals surface area contributed by atoms with Crippen molar-refractivity contribution in [1.29, 1.82) is 0 Å². The van der Waals surface area contributed by atoms with E-state index < -0.39 is 11.8 Å². The van der Waals surface area contributed by atoms with Crippen molar-refractivity contribution in [3.05, 3.63) is 59.6 Å². The van der Waals surface area contributed by atoms with E-state index in [1.54, 1.807) is 18.2 Å². The minimum Gasteiger partial charge on any atom is -0.493 e. The number of fused-ring (bicyclic) bond motifs is 1. The number of halogens is 3. The number of benzene rings is 2. The number of nitrogens with one attached hydrogen (secondary N) is 1. The predicted molar refractivity (Wildman–Crippen MR) is 95.0 cm³/mol. The minimum atomic E-state index is -2.55. The van der Waals surface area contributed by atoms with Crippen LogP contribution >= 0.6 is 11.6 Å². The van der Waals surface area contributed by atoms with Crippen LogP contribution in [0.1, 0.15) is 6.42 Å². The van der Waals surface area contributed by atoms with Gasteiger partial charge in [-0.25, -0.2) is 13.8 Å². The molecule has 3 nitrogen and oxygen atoms in total. The van der Waals surface area contributed by atoms with Crippen LogP contribution in [-0.4, -0.2) is 17.5 Å². The zero-order valence-corrected chi connectivity index (χ0v) is 13.9. The molecule has 25 heavy (non-hydrogen) atoms. The quantitative estimate of drug-likeness (QED) is 0.637. The van der Waals surface area contributed by atoms with Crippen LogP contribution in [0.5, 0.6) is 5.75 Å². The monoisotopic (exact) mass is 360 g/mol. The number of para-hydroxylation sites is 1. The number of rotatable bonds is 5. The number of ether oxygens (including phenoxy) is 1. The van der Waals surface area contributed by atoms with E-state index in [4.69, 9.17) is 16.3 Å². The lowest BCUT2D eigenvalue weighted by Gasteiger charge is -2.09. The molecule has 0 bridgehead atoms. The van der Waals surface area contributed by atoms with Gasteiger partial charge in [-0.15, -0.1) is 0 Å². The van der Waals surface area contributed by atoms with Gasteiger partial charge in [0.15, 0.2) is 0 Å². The maximum atomic E-state index is 12.8. The second-order valence-corrected chi connectivity index (χ2v) is 6.54. The van der Waals surface area contributed by atoms with E-state index in [9.17, 15) is 8.78 Å². The fraction of sp³-hybridized carbons (Fsp3) is 0.211. The highest BCUT2D eigenvalue weighted by Crippen LogP contribution is 2.48. The van der Waals surface area contributed by atoms with Crippen molar-refractivity contribution >= 4 is 34.0 Å². The highest BCUT2D eigenvalue weighted by Gasteiger charge is 2.57. The Labute approximate surface area is 148 Å². The Morgan fingerprint density at radius 3 is 2.60 bits per heavy atom. The van der Waals surface area contributed by atoms with Gasteiger partial charge >= 0.3 is 0 Å². The lowest BCUT2D eigenvalue weighted by Crippen LogP contribution is -2.05. The number of nitrogens with zero attached hydrogens (tertiary/aromatic N) is 1. The third-order valence-corrected chi connectivity index (χ3v) is 4.51. The second-order valence-electron chi connectivity index (χ2n) is 6.13. The van der Waals surface area contributed by atoms with Gasteiger partial charge in [0, 0.05) is 17.5 Å². The van der Waals surface area contributed by atoms with E-state index >= 15 is 0 Å². The van der Waals surface area contributed by atoms with E-state index in [0.29, 0.717) is 16.6 Å². The topological polar surface area (TPSA) is 34.1 Å². The average Bonchev–Trinajstić information content (AvgIpc) is 3.22. The van der Waals surface area contributed by atoms with Gasteiger partial charge in [0.2, 0.25) is 0 Å². The number of alkyl halides is 2. The summed E-state index contributed by atoms with van der Waals surface area (Å²) in [5.41, 5.74) is 1.56. The SMILES string of the molecule is FC1(F)CC1COc1ccc(Nc2ccc3cccc(Cl)c3n2)cc1. The first-order valence-corrected chi connectivity index (χ1v) is 8.32. The average molecular weight is 361 g/mol. The molecule has 1 unspecified atom stereocenters. The van der Waals surface area contributed by atoms with Gasteiger partial charge in [0.1, 0.15) is 11.6 Å². The Balaban J connectivity index is 1.43. The molecule has 1 heterocycles. The molecule has 0 radical (unpaired) electrons. The maximum Gasteiger partial charge on any atom is 0.255 e. The smallest absolute Gasteiger partial charge is 0.255 e. The normalized spacial score (nSPS) is 18.1. The summed E-state index contributed by atoms with van der Waals surface area (Å²) in [6.45, 7) is 0.0461. The van der Waals surface area contributed by atoms with E-state index in [-0.39, 0.29) is 13.0 Å². The van der Waals surface area contributed by atoms with Crippen molar-refractivity contribution in [2.75, 3.05) is 11.9 Å². The van der Waals surface area contributed by atoms with E-state index in [1.165, 1.54) is 0 Å². The van der Waals surface area contributed by atoms with Crippen LogP contribution < -0.4 is 10.1 Å². The van der Waals surface area contributed by atoms with Crippen molar-refractivity contribution in [3.63, 3.8) is 0 Å². The maximum absolute atomic E-state index is 12.8. The summed E-state index contributed by atoms with van der Waals surface area (Å²) in [6, 6.07) is 16.6. The lowest BCUT2D eigenvalue weighted by molar-refractivity contribution is 0.0856. The van der Waals surface area contributed by atoms with Crippen molar-refractivity contribution in [2.45, 2.75) is 12.3 Å². The Morgan fingerprint density at radius 1 is 1.12 bits per heavy atom. The molecule has 3 aromatic rings. The first kappa shape index (κ1) is 16.1. The summed E-state index contributed by atoms with van der Waals surface area (Å²) in [6.07, 6.45) is -0.0805. The van der Waals surface area contributed by atoms with Gasteiger partial charge in [-0.05, 0) is 42.5 Å². The molecule has 0 saturated heterocycles. The van der Waals surface area contributed by atoms with Crippen molar-refractivity contribution in [2.24, 2.45) is 5.92 Å². The molecule has 0 aliphatic heterocycles. The van der Waals surface area contributed by atoms with Crippen LogP contribution in [0.4, 0.5) is 20.3 Å². The number of pyridine rings is 1. The van der Waals surface area contributed by atoms with Crippen LogP contribution in [0.3, 0.4) is 0 Å². The number of anilines is 2. The molecular weight excluding hydrogens is 346 g/mol. The Kier molecular flexibility index (Phi) is 3.96. The highest BCUT2D eigenvalue weighted by molar-refractivity contribution is 6.35. The van der Waals surface area contributed by atoms with Crippen LogP contribution in [0.25, 0.3) is 10.9 Å². The van der Waals surface area contributed by atoms with Crippen molar-refractivity contribution in [1.82, 2.24) is 4.98 Å². The van der Waals surface area contributed by atoms with Crippen molar-refractivity contribution < 1.29 is 13.5 Å². The largest absolute Gasteiger partial charge is 0.493 e. The molecule has 1 aromatic heterocycles. The standard InChI is InChI=1S/C19H15ClF2N2O/c20-16-3-1-2-12-4-9-17(24-18(12)16)23-14-5-7-15(8-6-14)25-11-13-10-19(13,21)22/h1-9,13H,10-11H2,(H,23,24). The second kappa shape index (κ2) is 6.15. The molecule has 1 aliphatic carbocycles. The third kappa shape index (κ3) is 3.51. The number of aromatic nitrogens is 1. The van der Waals surface area contributed by atoms with Crippen LogP contribution in [0.15, 0.2) is 54.6 Å². The van der Waals surface area contributed by atoms with Crippen LogP contribution in [0, 0.1) is 5.92 Å². The highest BCUT2D eigenvalue weighted by atomic mass is 35.5. The van der Waals surface area contributed by atoms with Crippen molar-refractivity contribution in [3.8, 4) is 5.75 Å². The van der Waals surface area contributed by atoms with Gasteiger partial charge < -0.3 is 10.1 Å². The molecule has 2 aromatic carbocycles. The molecule has 1 N–H and O–H groups in total. The summed E-state index contributed by atoms with van der Waals surface area (Å²) in [5, 5.41) is 4.77. The van der Waals surface area contributed by atoms with Gasteiger partial charge in [-0.2, -0.15) is 0 Å². The molecule has 1 saturated carbocycles. The predicted octanol–water partition coefficient (Wildman–Crippen LogP) is 5.67. The summed E-state index contributed by atoms with van der Waals surface area (Å²) in [7, 11) is 0. The zero-order valence-electron chi connectivity index (χ0n) is 13.2. The summed E-state index contributed by atoms with van der Waals surface area (Å²) >= 11 is 6.18. The molecule has 1 atom stereocenters. The van der Waals surface area contributed by atoms with Crippen LogP contribution in [-0.2, 0) is 0 Å².